The number of amides is 1. The molecule has 0 saturated carbocycles. The van der Waals surface area contributed by atoms with Crippen molar-refractivity contribution in [3.8, 4) is 0 Å². The Labute approximate surface area is 222 Å². The van der Waals surface area contributed by atoms with Gasteiger partial charge in [0.15, 0.2) is 0 Å². The van der Waals surface area contributed by atoms with Crippen molar-refractivity contribution in [2.45, 2.75) is 10.9 Å². The molecule has 202 valence electrons. The second kappa shape index (κ2) is 11.3. The van der Waals surface area contributed by atoms with Gasteiger partial charge in [-0.2, -0.15) is 4.31 Å². The molecule has 1 N–H and O–H groups in total. The van der Waals surface area contributed by atoms with E-state index in [2.05, 4.69) is 4.90 Å². The molecule has 11 heteroatoms. The Morgan fingerprint density at radius 2 is 1.45 bits per heavy atom. The van der Waals surface area contributed by atoms with Crippen LogP contribution in [0.5, 0.6) is 0 Å². The van der Waals surface area contributed by atoms with E-state index in [9.17, 15) is 23.1 Å². The molecule has 0 aliphatic carbocycles. The van der Waals surface area contributed by atoms with Crippen LogP contribution in [0.4, 0.5) is 0 Å². The lowest BCUT2D eigenvalue weighted by molar-refractivity contribution is -0.140. The number of aliphatic hydroxyl groups excluding tert-OH is 1. The molecule has 0 radical (unpaired) electrons. The van der Waals surface area contributed by atoms with Gasteiger partial charge in [0.05, 0.1) is 42.9 Å². The molecular weight excluding hydrogens is 510 g/mol. The first kappa shape index (κ1) is 26.5. The number of ether oxygens (including phenoxy) is 2. The molecule has 0 aromatic heterocycles. The molecule has 3 aliphatic rings. The minimum absolute atomic E-state index is 0.00744. The fourth-order valence-electron chi connectivity index (χ4n) is 5.04. The molecule has 3 heterocycles. The zero-order valence-corrected chi connectivity index (χ0v) is 21.8. The third kappa shape index (κ3) is 5.25. The first-order chi connectivity index (χ1) is 18.4. The van der Waals surface area contributed by atoms with E-state index in [1.807, 2.05) is 30.3 Å². The number of ketones is 1. The van der Waals surface area contributed by atoms with Gasteiger partial charge in [-0.05, 0) is 29.8 Å². The monoisotopic (exact) mass is 541 g/mol. The smallest absolute Gasteiger partial charge is 0.295 e. The summed E-state index contributed by atoms with van der Waals surface area (Å²) in [7, 11) is -3.71. The largest absolute Gasteiger partial charge is 0.507 e. The van der Waals surface area contributed by atoms with Crippen molar-refractivity contribution in [3.63, 3.8) is 0 Å². The lowest BCUT2D eigenvalue weighted by atomic mass is 9.95. The average molecular weight is 542 g/mol. The summed E-state index contributed by atoms with van der Waals surface area (Å²) in [6.45, 7) is 4.86. The van der Waals surface area contributed by atoms with Gasteiger partial charge >= 0.3 is 0 Å². The van der Waals surface area contributed by atoms with Crippen LogP contribution in [0, 0.1) is 0 Å². The van der Waals surface area contributed by atoms with E-state index < -0.39 is 27.8 Å². The second-order valence-electron chi connectivity index (χ2n) is 9.40. The Kier molecular flexibility index (Phi) is 7.91. The van der Waals surface area contributed by atoms with E-state index in [0.29, 0.717) is 45.1 Å². The summed E-state index contributed by atoms with van der Waals surface area (Å²) in [5, 5.41) is 11.3. The molecule has 10 nitrogen and oxygen atoms in total. The number of sulfonamides is 1. The molecule has 3 saturated heterocycles. The van der Waals surface area contributed by atoms with Crippen molar-refractivity contribution < 1.29 is 32.6 Å². The van der Waals surface area contributed by atoms with Gasteiger partial charge in [-0.25, -0.2) is 8.42 Å². The number of nitrogens with zero attached hydrogens (tertiary/aromatic N) is 3. The highest BCUT2D eigenvalue weighted by molar-refractivity contribution is 7.89. The molecular formula is C27H31N3O7S. The maximum Gasteiger partial charge on any atom is 0.295 e. The number of likely N-dealkylation sites (tertiary alicyclic amines) is 1. The fourth-order valence-corrected chi connectivity index (χ4v) is 6.45. The van der Waals surface area contributed by atoms with Crippen molar-refractivity contribution in [1.29, 1.82) is 0 Å². The number of benzene rings is 2. The highest BCUT2D eigenvalue weighted by Gasteiger charge is 2.46. The number of hydrogen-bond donors (Lipinski definition) is 1. The maximum atomic E-state index is 13.2. The van der Waals surface area contributed by atoms with Crippen LogP contribution in [0.2, 0.25) is 0 Å². The molecule has 1 amide bonds. The van der Waals surface area contributed by atoms with E-state index >= 15 is 0 Å². The predicted octanol–water partition coefficient (Wildman–Crippen LogP) is 1.46. The summed E-state index contributed by atoms with van der Waals surface area (Å²) in [5.74, 6) is -1.76. The molecule has 2 aromatic rings. The van der Waals surface area contributed by atoms with Gasteiger partial charge in [0, 0.05) is 44.8 Å². The second-order valence-corrected chi connectivity index (χ2v) is 11.3. The van der Waals surface area contributed by atoms with Gasteiger partial charge in [0.1, 0.15) is 5.76 Å². The standard InChI is InChI=1S/C27H31N3O7S/c31-25(21-6-8-22(9-7-21)38(34,35)29-14-18-37-19-15-29)23-24(20-4-2-1-3-5-20)30(27(33)26(23)32)11-10-28-12-16-36-17-13-28/h1-9,24,31H,10-19H2/t24-/m0/s1. The Hall–Kier alpha value is -3.09. The van der Waals surface area contributed by atoms with Crippen molar-refractivity contribution in [2.24, 2.45) is 0 Å². The van der Waals surface area contributed by atoms with Gasteiger partial charge in [0.25, 0.3) is 11.7 Å². The Morgan fingerprint density at radius 1 is 0.842 bits per heavy atom. The summed E-state index contributed by atoms with van der Waals surface area (Å²) in [4.78, 5) is 30.2. The summed E-state index contributed by atoms with van der Waals surface area (Å²) in [6, 6.07) is 14.1. The Morgan fingerprint density at radius 3 is 2.08 bits per heavy atom. The van der Waals surface area contributed by atoms with E-state index in [1.165, 1.54) is 33.5 Å². The molecule has 5 rings (SSSR count). The van der Waals surface area contributed by atoms with Crippen LogP contribution in [-0.2, 0) is 29.1 Å². The van der Waals surface area contributed by atoms with E-state index in [-0.39, 0.29) is 34.9 Å². The van der Waals surface area contributed by atoms with E-state index in [4.69, 9.17) is 9.47 Å². The van der Waals surface area contributed by atoms with Crippen LogP contribution >= 0.6 is 0 Å². The lowest BCUT2D eigenvalue weighted by Crippen LogP contribution is -2.42. The Bertz CT molecular complexity index is 1300. The Balaban J connectivity index is 1.46. The van der Waals surface area contributed by atoms with Crippen molar-refractivity contribution in [1.82, 2.24) is 14.1 Å². The highest BCUT2D eigenvalue weighted by atomic mass is 32.2. The zero-order valence-electron chi connectivity index (χ0n) is 21.0. The van der Waals surface area contributed by atoms with Crippen LogP contribution in [0.25, 0.3) is 5.76 Å². The summed E-state index contributed by atoms with van der Waals surface area (Å²) < 4.78 is 38.0. The van der Waals surface area contributed by atoms with Gasteiger partial charge in [-0.1, -0.05) is 30.3 Å². The molecule has 3 fully saturated rings. The minimum atomic E-state index is -3.71. The van der Waals surface area contributed by atoms with Crippen LogP contribution < -0.4 is 0 Å². The molecule has 3 aliphatic heterocycles. The summed E-state index contributed by atoms with van der Waals surface area (Å²) in [5.41, 5.74) is 0.965. The van der Waals surface area contributed by atoms with Crippen LogP contribution in [0.15, 0.2) is 65.1 Å². The van der Waals surface area contributed by atoms with Gasteiger partial charge in [-0.3, -0.25) is 14.5 Å². The third-order valence-corrected chi connectivity index (χ3v) is 9.06. The number of carbonyl (C=O) groups excluding carboxylic acids is 2. The normalized spacial score (nSPS) is 23.2. The van der Waals surface area contributed by atoms with Crippen LogP contribution in [0.3, 0.4) is 0 Å². The number of rotatable bonds is 7. The summed E-state index contributed by atoms with van der Waals surface area (Å²) in [6.07, 6.45) is 0. The molecule has 38 heavy (non-hydrogen) atoms. The van der Waals surface area contributed by atoms with Gasteiger partial charge < -0.3 is 19.5 Å². The quantitative estimate of drug-likeness (QED) is 0.318. The molecule has 0 spiro atoms. The molecule has 0 unspecified atom stereocenters. The first-order valence-electron chi connectivity index (χ1n) is 12.7. The van der Waals surface area contributed by atoms with Gasteiger partial charge in [-0.15, -0.1) is 0 Å². The lowest BCUT2D eigenvalue weighted by Gasteiger charge is -2.31. The number of carbonyl (C=O) groups is 2. The number of hydrogen-bond acceptors (Lipinski definition) is 8. The highest BCUT2D eigenvalue weighted by Crippen LogP contribution is 2.39. The average Bonchev–Trinajstić information content (AvgIpc) is 3.22. The minimum Gasteiger partial charge on any atom is -0.507 e. The number of morpholine rings is 2. The van der Waals surface area contributed by atoms with Crippen LogP contribution in [0.1, 0.15) is 17.2 Å². The zero-order chi connectivity index (χ0) is 26.7. The van der Waals surface area contributed by atoms with Crippen molar-refractivity contribution >= 4 is 27.5 Å². The number of Topliss-reactive ketones (excluding diaryl/α,β-unsaturated/α-hetero) is 1. The SMILES string of the molecule is O=C1C(=O)N(CCN2CCOCC2)[C@@H](c2ccccc2)C1=C(O)c1ccc(S(=O)(=O)N2CCOCC2)cc1. The predicted molar refractivity (Wildman–Crippen MR) is 139 cm³/mol. The van der Waals surface area contributed by atoms with Crippen LogP contribution in [-0.4, -0.2) is 105 Å². The molecule has 0 bridgehead atoms. The first-order valence-corrected chi connectivity index (χ1v) is 14.1. The van der Waals surface area contributed by atoms with Crippen molar-refractivity contribution in [3.05, 3.63) is 71.3 Å². The summed E-state index contributed by atoms with van der Waals surface area (Å²) >= 11 is 0. The van der Waals surface area contributed by atoms with Crippen molar-refractivity contribution in [2.75, 3.05) is 65.7 Å². The number of aliphatic hydroxyl groups is 1. The van der Waals surface area contributed by atoms with Gasteiger partial charge in [0.2, 0.25) is 10.0 Å². The van der Waals surface area contributed by atoms with E-state index in [1.54, 1.807) is 0 Å². The topological polar surface area (TPSA) is 117 Å². The maximum absolute atomic E-state index is 13.2. The third-order valence-electron chi connectivity index (χ3n) is 7.15. The fraction of sp³-hybridized carbons (Fsp3) is 0.407. The molecule has 2 aromatic carbocycles. The van der Waals surface area contributed by atoms with E-state index in [0.717, 1.165) is 13.1 Å². The molecule has 1 atom stereocenters.